The van der Waals surface area contributed by atoms with Gasteiger partial charge in [0.05, 0.1) is 0 Å². The van der Waals surface area contributed by atoms with Crippen molar-refractivity contribution in [3.8, 4) is 0 Å². The molecule has 0 unspecified atom stereocenters. The molecular formula is C9H10N6OS. The molecule has 0 aliphatic heterocycles. The van der Waals surface area contributed by atoms with Crippen molar-refractivity contribution in [2.75, 3.05) is 0 Å². The van der Waals surface area contributed by atoms with Gasteiger partial charge in [-0.2, -0.15) is 5.10 Å². The normalized spacial score (nSPS) is 11.7. The molecule has 0 radical (unpaired) electrons. The molecule has 0 spiro atoms. The summed E-state index contributed by atoms with van der Waals surface area (Å²) < 4.78 is 1.64. The van der Waals surface area contributed by atoms with Gasteiger partial charge >= 0.3 is 0 Å². The van der Waals surface area contributed by atoms with Crippen LogP contribution < -0.4 is 5.73 Å². The summed E-state index contributed by atoms with van der Waals surface area (Å²) in [4.78, 5) is 8.23. The van der Waals surface area contributed by atoms with E-state index in [-0.39, 0.29) is 5.84 Å². The third kappa shape index (κ3) is 2.53. The molecule has 88 valence electrons. The number of pyridine rings is 1. The molecule has 0 aliphatic carbocycles. The van der Waals surface area contributed by atoms with E-state index in [1.165, 1.54) is 18.1 Å². The van der Waals surface area contributed by atoms with Crippen LogP contribution in [0.3, 0.4) is 0 Å². The first kappa shape index (κ1) is 11.4. The number of nitrogens with two attached hydrogens (primary N) is 1. The molecule has 0 aromatic carbocycles. The van der Waals surface area contributed by atoms with Crippen molar-refractivity contribution < 1.29 is 5.21 Å². The molecule has 0 fully saturated rings. The average Bonchev–Trinajstić information content (AvgIpc) is 2.74. The van der Waals surface area contributed by atoms with Crippen molar-refractivity contribution in [1.82, 2.24) is 19.7 Å². The number of rotatable bonds is 3. The molecule has 2 aromatic heterocycles. The van der Waals surface area contributed by atoms with Crippen molar-refractivity contribution >= 4 is 17.6 Å². The first-order valence-electron chi connectivity index (χ1n) is 4.66. The fourth-order valence-corrected chi connectivity index (χ4v) is 1.92. The van der Waals surface area contributed by atoms with E-state index in [2.05, 4.69) is 20.2 Å². The number of aryl methyl sites for hydroxylation is 1. The molecule has 2 heterocycles. The van der Waals surface area contributed by atoms with E-state index in [4.69, 9.17) is 10.9 Å². The van der Waals surface area contributed by atoms with Crippen LogP contribution in [0.5, 0.6) is 0 Å². The zero-order valence-electron chi connectivity index (χ0n) is 8.98. The fourth-order valence-electron chi connectivity index (χ4n) is 1.15. The maximum absolute atomic E-state index is 8.59. The molecule has 0 atom stereocenters. The molecule has 7 nitrogen and oxygen atoms in total. The SMILES string of the molecule is Cn1ncnc1Sc1cc(/C(N)=N/O)ccn1. The largest absolute Gasteiger partial charge is 0.409 e. The monoisotopic (exact) mass is 250 g/mol. The summed E-state index contributed by atoms with van der Waals surface area (Å²) in [7, 11) is 1.79. The first-order chi connectivity index (χ1) is 8.20. The molecule has 0 saturated carbocycles. The Hall–Kier alpha value is -2.09. The minimum atomic E-state index is 0.0483. The quantitative estimate of drug-likeness (QED) is 0.355. The van der Waals surface area contributed by atoms with E-state index in [0.29, 0.717) is 15.7 Å². The topological polar surface area (TPSA) is 102 Å². The summed E-state index contributed by atoms with van der Waals surface area (Å²) in [6.07, 6.45) is 3.06. The number of hydrogen-bond donors (Lipinski definition) is 2. The Kier molecular flexibility index (Phi) is 3.24. The van der Waals surface area contributed by atoms with Gasteiger partial charge in [0.2, 0.25) is 0 Å². The van der Waals surface area contributed by atoms with Gasteiger partial charge in [-0.15, -0.1) is 0 Å². The molecule has 0 bridgehead atoms. The Morgan fingerprint density at radius 1 is 1.53 bits per heavy atom. The first-order valence-corrected chi connectivity index (χ1v) is 5.48. The average molecular weight is 250 g/mol. The van der Waals surface area contributed by atoms with Crippen LogP contribution in [-0.4, -0.2) is 30.8 Å². The van der Waals surface area contributed by atoms with E-state index in [0.717, 1.165) is 0 Å². The van der Waals surface area contributed by atoms with Gasteiger partial charge in [0.25, 0.3) is 0 Å². The highest BCUT2D eigenvalue weighted by atomic mass is 32.2. The molecule has 8 heteroatoms. The summed E-state index contributed by atoms with van der Waals surface area (Å²) in [5, 5.41) is 16.9. The van der Waals surface area contributed by atoms with Crippen molar-refractivity contribution in [3.05, 3.63) is 30.2 Å². The number of nitrogens with zero attached hydrogens (tertiary/aromatic N) is 5. The fraction of sp³-hybridized carbons (Fsp3) is 0.111. The van der Waals surface area contributed by atoms with E-state index < -0.39 is 0 Å². The Balaban J connectivity index is 2.26. The van der Waals surface area contributed by atoms with Crippen LogP contribution in [-0.2, 0) is 7.05 Å². The van der Waals surface area contributed by atoms with Crippen LogP contribution in [0.15, 0.2) is 40.0 Å². The van der Waals surface area contributed by atoms with E-state index in [1.54, 1.807) is 30.1 Å². The van der Waals surface area contributed by atoms with Crippen LogP contribution in [0.1, 0.15) is 5.56 Å². The minimum Gasteiger partial charge on any atom is -0.409 e. The van der Waals surface area contributed by atoms with Gasteiger partial charge in [-0.1, -0.05) is 5.16 Å². The zero-order chi connectivity index (χ0) is 12.3. The second-order valence-corrected chi connectivity index (χ2v) is 4.12. The molecular weight excluding hydrogens is 240 g/mol. The summed E-state index contributed by atoms with van der Waals surface area (Å²) >= 11 is 1.35. The van der Waals surface area contributed by atoms with E-state index in [9.17, 15) is 0 Å². The van der Waals surface area contributed by atoms with Crippen molar-refractivity contribution in [2.24, 2.45) is 17.9 Å². The highest BCUT2D eigenvalue weighted by Crippen LogP contribution is 2.23. The Bertz CT molecular complexity index is 552. The third-order valence-corrected chi connectivity index (χ3v) is 2.99. The van der Waals surface area contributed by atoms with Crippen LogP contribution in [0.2, 0.25) is 0 Å². The lowest BCUT2D eigenvalue weighted by Crippen LogP contribution is -2.13. The highest BCUT2D eigenvalue weighted by molar-refractivity contribution is 7.99. The minimum absolute atomic E-state index is 0.0483. The third-order valence-electron chi connectivity index (χ3n) is 2.00. The Morgan fingerprint density at radius 2 is 2.35 bits per heavy atom. The smallest absolute Gasteiger partial charge is 0.192 e. The molecule has 0 saturated heterocycles. The molecule has 2 rings (SSSR count). The lowest BCUT2D eigenvalue weighted by Gasteiger charge is -2.02. The lowest BCUT2D eigenvalue weighted by atomic mass is 10.2. The predicted molar refractivity (Wildman–Crippen MR) is 61.9 cm³/mol. The van der Waals surface area contributed by atoms with Gasteiger partial charge in [0.15, 0.2) is 11.0 Å². The van der Waals surface area contributed by atoms with Crippen LogP contribution in [0.4, 0.5) is 0 Å². The summed E-state index contributed by atoms with van der Waals surface area (Å²) in [5.74, 6) is 0.0483. The summed E-state index contributed by atoms with van der Waals surface area (Å²) in [6.45, 7) is 0. The molecule has 2 aromatic rings. The second kappa shape index (κ2) is 4.83. The van der Waals surface area contributed by atoms with Crippen molar-refractivity contribution in [1.29, 1.82) is 0 Å². The standard InChI is InChI=1S/C9H10N6OS/c1-15-9(12-5-13-15)17-7-4-6(2-3-11-7)8(10)14-16/h2-5,16H,1H3,(H2,10,14). The van der Waals surface area contributed by atoms with Gasteiger partial charge in [0, 0.05) is 18.8 Å². The second-order valence-electron chi connectivity index (χ2n) is 3.14. The highest BCUT2D eigenvalue weighted by Gasteiger charge is 2.06. The summed E-state index contributed by atoms with van der Waals surface area (Å²) in [6, 6.07) is 3.38. The van der Waals surface area contributed by atoms with Crippen LogP contribution in [0, 0.1) is 0 Å². The van der Waals surface area contributed by atoms with Gasteiger partial charge in [-0.05, 0) is 23.9 Å². The van der Waals surface area contributed by atoms with E-state index >= 15 is 0 Å². The van der Waals surface area contributed by atoms with Crippen LogP contribution >= 0.6 is 11.8 Å². The summed E-state index contributed by atoms with van der Waals surface area (Å²) in [5.41, 5.74) is 6.10. The Labute approximate surface area is 101 Å². The number of aromatic nitrogens is 4. The predicted octanol–water partition coefficient (Wildman–Crippen LogP) is 0.456. The van der Waals surface area contributed by atoms with Gasteiger partial charge in [-0.25, -0.2) is 14.6 Å². The van der Waals surface area contributed by atoms with Gasteiger partial charge in [-0.3, -0.25) is 0 Å². The number of oxime groups is 1. The maximum atomic E-state index is 8.59. The molecule has 3 N–H and O–H groups in total. The van der Waals surface area contributed by atoms with Crippen molar-refractivity contribution in [3.63, 3.8) is 0 Å². The maximum Gasteiger partial charge on any atom is 0.192 e. The molecule has 0 aliphatic rings. The number of amidine groups is 1. The number of hydrogen-bond acceptors (Lipinski definition) is 6. The van der Waals surface area contributed by atoms with Crippen molar-refractivity contribution in [2.45, 2.75) is 10.2 Å². The Morgan fingerprint density at radius 3 is 3.00 bits per heavy atom. The van der Waals surface area contributed by atoms with Gasteiger partial charge < -0.3 is 10.9 Å². The molecule has 17 heavy (non-hydrogen) atoms. The van der Waals surface area contributed by atoms with E-state index in [1.807, 2.05) is 0 Å². The zero-order valence-corrected chi connectivity index (χ0v) is 9.79. The lowest BCUT2D eigenvalue weighted by molar-refractivity contribution is 0.318. The van der Waals surface area contributed by atoms with Crippen LogP contribution in [0.25, 0.3) is 0 Å². The molecule has 0 amide bonds. The van der Waals surface area contributed by atoms with Gasteiger partial charge in [0.1, 0.15) is 11.4 Å².